The maximum atomic E-state index is 10.5. The normalized spacial score (nSPS) is 10.4. The number of hydrogen-bond acceptors (Lipinski definition) is 4. The van der Waals surface area contributed by atoms with Crippen molar-refractivity contribution in [2.45, 2.75) is 6.92 Å². The number of nitro groups is 1. The summed E-state index contributed by atoms with van der Waals surface area (Å²) in [7, 11) is 0. The van der Waals surface area contributed by atoms with Gasteiger partial charge in [-0.15, -0.1) is 0 Å². The number of aryl methyl sites for hydroxylation is 1. The van der Waals surface area contributed by atoms with E-state index in [0.29, 0.717) is 17.5 Å². The molecule has 0 aliphatic carbocycles. The Morgan fingerprint density at radius 2 is 2.29 bits per heavy atom. The van der Waals surface area contributed by atoms with Crippen molar-refractivity contribution in [3.8, 4) is 0 Å². The first-order chi connectivity index (χ1) is 6.65. The SMILES string of the molecule is Cc1ncc(C=CC=O)cc1[N+](=O)[O-]. The summed E-state index contributed by atoms with van der Waals surface area (Å²) in [6, 6.07) is 1.38. The Balaban J connectivity index is 3.12. The van der Waals surface area contributed by atoms with Crippen LogP contribution in [0.25, 0.3) is 6.08 Å². The van der Waals surface area contributed by atoms with Crippen molar-refractivity contribution in [2.24, 2.45) is 0 Å². The molecule has 0 saturated carbocycles. The smallest absolute Gasteiger partial charge is 0.291 e. The van der Waals surface area contributed by atoms with E-state index in [2.05, 4.69) is 4.98 Å². The molecule has 0 fully saturated rings. The molecule has 1 heterocycles. The summed E-state index contributed by atoms with van der Waals surface area (Å²) in [5.74, 6) is 0. The fourth-order valence-corrected chi connectivity index (χ4v) is 0.963. The van der Waals surface area contributed by atoms with Crippen LogP contribution in [0.5, 0.6) is 0 Å². The van der Waals surface area contributed by atoms with Crippen molar-refractivity contribution in [3.05, 3.63) is 39.7 Å². The van der Waals surface area contributed by atoms with E-state index in [1.165, 1.54) is 24.4 Å². The zero-order chi connectivity index (χ0) is 10.6. The van der Waals surface area contributed by atoms with Gasteiger partial charge in [0, 0.05) is 12.3 Å². The largest absolute Gasteiger partial charge is 0.299 e. The first kappa shape index (κ1) is 10.0. The zero-order valence-corrected chi connectivity index (χ0v) is 7.51. The Morgan fingerprint density at radius 1 is 1.57 bits per heavy atom. The predicted molar refractivity (Wildman–Crippen MR) is 50.7 cm³/mol. The maximum absolute atomic E-state index is 10.5. The molecule has 5 nitrogen and oxygen atoms in total. The fourth-order valence-electron chi connectivity index (χ4n) is 0.963. The number of aromatic nitrogens is 1. The number of pyridine rings is 1. The lowest BCUT2D eigenvalue weighted by atomic mass is 10.2. The molecule has 0 spiro atoms. The van der Waals surface area contributed by atoms with Crippen molar-refractivity contribution in [3.63, 3.8) is 0 Å². The van der Waals surface area contributed by atoms with Crippen LogP contribution in [-0.4, -0.2) is 16.2 Å². The fraction of sp³-hybridized carbons (Fsp3) is 0.111. The van der Waals surface area contributed by atoms with Gasteiger partial charge in [0.1, 0.15) is 12.0 Å². The van der Waals surface area contributed by atoms with Crippen molar-refractivity contribution in [1.82, 2.24) is 4.98 Å². The van der Waals surface area contributed by atoms with Crippen LogP contribution in [0.15, 0.2) is 18.3 Å². The van der Waals surface area contributed by atoms with Gasteiger partial charge in [0.25, 0.3) is 5.69 Å². The maximum Gasteiger partial charge on any atom is 0.291 e. The highest BCUT2D eigenvalue weighted by atomic mass is 16.6. The number of carbonyl (C=O) groups is 1. The van der Waals surface area contributed by atoms with Crippen LogP contribution in [0.2, 0.25) is 0 Å². The number of hydrogen-bond donors (Lipinski definition) is 0. The second kappa shape index (κ2) is 4.27. The van der Waals surface area contributed by atoms with Gasteiger partial charge >= 0.3 is 0 Å². The van der Waals surface area contributed by atoms with Gasteiger partial charge in [-0.3, -0.25) is 19.9 Å². The molecule has 72 valence electrons. The monoisotopic (exact) mass is 192 g/mol. The summed E-state index contributed by atoms with van der Waals surface area (Å²) >= 11 is 0. The minimum absolute atomic E-state index is 0.0435. The molecule has 0 aromatic carbocycles. The molecule has 0 atom stereocenters. The van der Waals surface area contributed by atoms with E-state index in [1.54, 1.807) is 6.92 Å². The molecule has 14 heavy (non-hydrogen) atoms. The summed E-state index contributed by atoms with van der Waals surface area (Å²) in [5.41, 5.74) is 0.853. The van der Waals surface area contributed by atoms with Gasteiger partial charge in [0.2, 0.25) is 0 Å². The number of carbonyl (C=O) groups excluding carboxylic acids is 1. The van der Waals surface area contributed by atoms with Gasteiger partial charge in [0.05, 0.1) is 4.92 Å². The Labute approximate surface area is 80.2 Å². The van der Waals surface area contributed by atoms with Crippen molar-refractivity contribution < 1.29 is 9.72 Å². The van der Waals surface area contributed by atoms with E-state index in [9.17, 15) is 14.9 Å². The molecule has 0 N–H and O–H groups in total. The molecule has 0 bridgehead atoms. The van der Waals surface area contributed by atoms with E-state index in [1.807, 2.05) is 0 Å². The van der Waals surface area contributed by atoms with Gasteiger partial charge in [-0.05, 0) is 24.6 Å². The minimum atomic E-state index is -0.499. The van der Waals surface area contributed by atoms with Crippen LogP contribution in [-0.2, 0) is 4.79 Å². The van der Waals surface area contributed by atoms with E-state index < -0.39 is 4.92 Å². The average molecular weight is 192 g/mol. The van der Waals surface area contributed by atoms with E-state index >= 15 is 0 Å². The molecular formula is C9H8N2O3. The highest BCUT2D eigenvalue weighted by Crippen LogP contribution is 2.17. The predicted octanol–water partition coefficient (Wildman–Crippen LogP) is 1.51. The highest BCUT2D eigenvalue weighted by Gasteiger charge is 2.10. The molecule has 1 aromatic rings. The molecule has 0 amide bonds. The standard InChI is InChI=1S/C9H8N2O3/c1-7-9(11(13)14)5-8(6-10-7)3-2-4-12/h2-6H,1H3. The van der Waals surface area contributed by atoms with Gasteiger partial charge in [-0.1, -0.05) is 0 Å². The molecule has 0 radical (unpaired) electrons. The topological polar surface area (TPSA) is 73.1 Å². The Hall–Kier alpha value is -2.04. The minimum Gasteiger partial charge on any atom is -0.299 e. The first-order valence-corrected chi connectivity index (χ1v) is 3.88. The van der Waals surface area contributed by atoms with Crippen LogP contribution in [0, 0.1) is 17.0 Å². The number of rotatable bonds is 3. The second-order valence-corrected chi connectivity index (χ2v) is 2.63. The van der Waals surface area contributed by atoms with E-state index in [-0.39, 0.29) is 5.69 Å². The Morgan fingerprint density at radius 3 is 2.86 bits per heavy atom. The van der Waals surface area contributed by atoms with Crippen molar-refractivity contribution in [2.75, 3.05) is 0 Å². The summed E-state index contributed by atoms with van der Waals surface area (Å²) in [6.07, 6.45) is 4.80. The van der Waals surface area contributed by atoms with E-state index in [0.717, 1.165) is 0 Å². The molecular weight excluding hydrogens is 184 g/mol. The molecule has 1 aromatic heterocycles. The highest BCUT2D eigenvalue weighted by molar-refractivity contribution is 5.74. The Bertz CT molecular complexity index is 399. The third-order valence-electron chi connectivity index (χ3n) is 1.65. The van der Waals surface area contributed by atoms with Gasteiger partial charge < -0.3 is 0 Å². The van der Waals surface area contributed by atoms with Gasteiger partial charge in [0.15, 0.2) is 0 Å². The number of nitrogens with zero attached hydrogens (tertiary/aromatic N) is 2. The molecule has 0 unspecified atom stereocenters. The molecule has 5 heteroatoms. The lowest BCUT2D eigenvalue weighted by Gasteiger charge is -1.96. The quantitative estimate of drug-likeness (QED) is 0.315. The Kier molecular flexibility index (Phi) is 3.06. The third kappa shape index (κ3) is 2.22. The van der Waals surface area contributed by atoms with Crippen molar-refractivity contribution >= 4 is 18.0 Å². The lowest BCUT2D eigenvalue weighted by Crippen LogP contribution is -1.94. The molecule has 1 rings (SSSR count). The lowest BCUT2D eigenvalue weighted by molar-refractivity contribution is -0.385. The second-order valence-electron chi connectivity index (χ2n) is 2.63. The summed E-state index contributed by atoms with van der Waals surface area (Å²) in [6.45, 7) is 1.56. The average Bonchev–Trinajstić information content (AvgIpc) is 2.16. The zero-order valence-electron chi connectivity index (χ0n) is 7.51. The van der Waals surface area contributed by atoms with E-state index in [4.69, 9.17) is 0 Å². The first-order valence-electron chi connectivity index (χ1n) is 3.88. The van der Waals surface area contributed by atoms with Gasteiger partial charge in [-0.2, -0.15) is 0 Å². The van der Waals surface area contributed by atoms with Crippen LogP contribution < -0.4 is 0 Å². The molecule has 0 saturated heterocycles. The summed E-state index contributed by atoms with van der Waals surface area (Å²) in [4.78, 5) is 23.9. The molecule has 0 aliphatic heterocycles. The molecule has 0 aliphatic rings. The van der Waals surface area contributed by atoms with Crippen molar-refractivity contribution in [1.29, 1.82) is 0 Å². The summed E-state index contributed by atoms with van der Waals surface area (Å²) in [5, 5.41) is 10.5. The third-order valence-corrected chi connectivity index (χ3v) is 1.65. The van der Waals surface area contributed by atoms with Crippen LogP contribution in [0.3, 0.4) is 0 Å². The van der Waals surface area contributed by atoms with Crippen LogP contribution >= 0.6 is 0 Å². The van der Waals surface area contributed by atoms with Gasteiger partial charge in [-0.25, -0.2) is 0 Å². The van der Waals surface area contributed by atoms with Crippen LogP contribution in [0.4, 0.5) is 5.69 Å². The number of allylic oxidation sites excluding steroid dienone is 1. The van der Waals surface area contributed by atoms with Crippen LogP contribution in [0.1, 0.15) is 11.3 Å². The number of aldehydes is 1. The summed E-state index contributed by atoms with van der Waals surface area (Å²) < 4.78 is 0.